The molecule has 1 amide bonds. The maximum absolute atomic E-state index is 11.7. The summed E-state index contributed by atoms with van der Waals surface area (Å²) in [5.74, 6) is 1.43. The van der Waals surface area contributed by atoms with Crippen LogP contribution in [0.3, 0.4) is 0 Å². The maximum atomic E-state index is 11.7. The van der Waals surface area contributed by atoms with E-state index >= 15 is 0 Å². The maximum Gasteiger partial charge on any atom is 0.234 e. The van der Waals surface area contributed by atoms with Crippen LogP contribution in [-0.2, 0) is 4.79 Å². The van der Waals surface area contributed by atoms with Gasteiger partial charge in [0.25, 0.3) is 0 Å². The Labute approximate surface area is 136 Å². The lowest BCUT2D eigenvalue weighted by atomic mass is 10.3. The molecule has 0 aliphatic rings. The summed E-state index contributed by atoms with van der Waals surface area (Å²) in [6, 6.07) is 7.28. The third-order valence-electron chi connectivity index (χ3n) is 2.83. The van der Waals surface area contributed by atoms with Gasteiger partial charge >= 0.3 is 0 Å². The van der Waals surface area contributed by atoms with Crippen molar-refractivity contribution in [2.45, 2.75) is 13.8 Å². The zero-order chi connectivity index (χ0) is 14.1. The van der Waals surface area contributed by atoms with E-state index in [9.17, 15) is 4.79 Å². The van der Waals surface area contributed by atoms with E-state index in [0.717, 1.165) is 25.4 Å². The average Bonchev–Trinajstić information content (AvgIpc) is 2.42. The summed E-state index contributed by atoms with van der Waals surface area (Å²) in [5.41, 5.74) is 0.679. The number of anilines is 1. The standard InChI is InChI=1S/C14H21ClN2OS.ClH/c1-3-17(4-2)9-10-19-11-14(18)16-13-8-6-5-7-12(13)15;/h5-8H,3-4,9-11H2,1-2H3,(H,16,18);1H. The molecule has 0 radical (unpaired) electrons. The second-order valence-corrected chi connectivity index (χ2v) is 5.62. The highest BCUT2D eigenvalue weighted by molar-refractivity contribution is 7.99. The minimum Gasteiger partial charge on any atom is -0.324 e. The highest BCUT2D eigenvalue weighted by Crippen LogP contribution is 2.20. The summed E-state index contributed by atoms with van der Waals surface area (Å²) in [6.45, 7) is 7.44. The van der Waals surface area contributed by atoms with Crippen molar-refractivity contribution in [3.05, 3.63) is 29.3 Å². The number of benzene rings is 1. The van der Waals surface area contributed by atoms with Crippen LogP contribution >= 0.6 is 35.8 Å². The monoisotopic (exact) mass is 336 g/mol. The highest BCUT2D eigenvalue weighted by Gasteiger charge is 2.06. The molecule has 0 heterocycles. The molecule has 6 heteroatoms. The second kappa shape index (κ2) is 11.3. The van der Waals surface area contributed by atoms with Crippen LogP contribution in [0.5, 0.6) is 0 Å². The van der Waals surface area contributed by atoms with Crippen molar-refractivity contribution in [1.29, 1.82) is 0 Å². The van der Waals surface area contributed by atoms with Gasteiger partial charge in [-0.3, -0.25) is 4.79 Å². The summed E-state index contributed by atoms with van der Waals surface area (Å²) < 4.78 is 0. The van der Waals surface area contributed by atoms with Crippen LogP contribution in [0.25, 0.3) is 0 Å². The molecule has 0 aromatic heterocycles. The second-order valence-electron chi connectivity index (χ2n) is 4.11. The van der Waals surface area contributed by atoms with Crippen LogP contribution in [0.2, 0.25) is 5.02 Å². The minimum absolute atomic E-state index is 0. The van der Waals surface area contributed by atoms with Gasteiger partial charge in [0, 0.05) is 12.3 Å². The molecule has 0 saturated heterocycles. The van der Waals surface area contributed by atoms with Crippen molar-refractivity contribution in [2.75, 3.05) is 36.5 Å². The number of thioether (sulfide) groups is 1. The van der Waals surface area contributed by atoms with Gasteiger partial charge in [0.2, 0.25) is 5.91 Å². The number of carbonyl (C=O) groups excluding carboxylic acids is 1. The molecule has 20 heavy (non-hydrogen) atoms. The SMILES string of the molecule is CCN(CC)CCSCC(=O)Nc1ccccc1Cl.Cl. The lowest BCUT2D eigenvalue weighted by molar-refractivity contribution is -0.113. The number of hydrogen-bond acceptors (Lipinski definition) is 3. The van der Waals surface area contributed by atoms with Gasteiger partial charge in [-0.1, -0.05) is 37.6 Å². The van der Waals surface area contributed by atoms with E-state index in [1.54, 1.807) is 23.9 Å². The fraction of sp³-hybridized carbons (Fsp3) is 0.500. The van der Waals surface area contributed by atoms with Gasteiger partial charge in [0.1, 0.15) is 0 Å². The normalized spacial score (nSPS) is 10.2. The molecule has 1 aromatic carbocycles. The quantitative estimate of drug-likeness (QED) is 0.733. The Morgan fingerprint density at radius 1 is 1.30 bits per heavy atom. The molecule has 1 aromatic rings. The van der Waals surface area contributed by atoms with Gasteiger partial charge in [0.05, 0.1) is 16.5 Å². The van der Waals surface area contributed by atoms with Crippen LogP contribution in [0.1, 0.15) is 13.8 Å². The molecule has 3 nitrogen and oxygen atoms in total. The number of nitrogens with one attached hydrogen (secondary N) is 1. The Kier molecular flexibility index (Phi) is 11.0. The summed E-state index contributed by atoms with van der Waals surface area (Å²) in [6.07, 6.45) is 0. The van der Waals surface area contributed by atoms with Gasteiger partial charge in [-0.25, -0.2) is 0 Å². The van der Waals surface area contributed by atoms with Crippen molar-refractivity contribution >= 4 is 47.4 Å². The average molecular weight is 337 g/mol. The van der Waals surface area contributed by atoms with E-state index in [0.29, 0.717) is 16.5 Å². The Morgan fingerprint density at radius 3 is 2.55 bits per heavy atom. The van der Waals surface area contributed by atoms with Crippen LogP contribution in [0.4, 0.5) is 5.69 Å². The van der Waals surface area contributed by atoms with Crippen molar-refractivity contribution in [3.63, 3.8) is 0 Å². The predicted octanol–water partition coefficient (Wildman–Crippen LogP) is 3.78. The molecule has 0 aliphatic carbocycles. The zero-order valence-electron chi connectivity index (χ0n) is 11.9. The van der Waals surface area contributed by atoms with E-state index < -0.39 is 0 Å². The van der Waals surface area contributed by atoms with Crippen molar-refractivity contribution in [2.24, 2.45) is 0 Å². The van der Waals surface area contributed by atoms with Gasteiger partial charge in [0.15, 0.2) is 0 Å². The first-order valence-electron chi connectivity index (χ1n) is 6.51. The van der Waals surface area contributed by atoms with Crippen molar-refractivity contribution < 1.29 is 4.79 Å². The summed E-state index contributed by atoms with van der Waals surface area (Å²) in [4.78, 5) is 14.1. The third kappa shape index (κ3) is 7.39. The Hall–Kier alpha value is -0.420. The van der Waals surface area contributed by atoms with Crippen LogP contribution in [0.15, 0.2) is 24.3 Å². The molecule has 0 spiro atoms. The first kappa shape index (κ1) is 19.6. The van der Waals surface area contributed by atoms with Crippen LogP contribution < -0.4 is 5.32 Å². The first-order valence-corrected chi connectivity index (χ1v) is 8.05. The van der Waals surface area contributed by atoms with Gasteiger partial charge in [-0.2, -0.15) is 11.8 Å². The molecule has 1 N–H and O–H groups in total. The number of hydrogen-bond donors (Lipinski definition) is 1. The summed E-state index contributed by atoms with van der Waals surface area (Å²) in [5, 5.41) is 3.39. The number of amides is 1. The number of halogens is 2. The molecular formula is C14H22Cl2N2OS. The zero-order valence-corrected chi connectivity index (χ0v) is 14.3. The molecule has 114 valence electrons. The summed E-state index contributed by atoms with van der Waals surface area (Å²) >= 11 is 7.63. The topological polar surface area (TPSA) is 32.3 Å². The number of para-hydroxylation sites is 1. The fourth-order valence-electron chi connectivity index (χ4n) is 1.65. The van der Waals surface area contributed by atoms with E-state index in [2.05, 4.69) is 24.1 Å². The lowest BCUT2D eigenvalue weighted by Gasteiger charge is -2.17. The summed E-state index contributed by atoms with van der Waals surface area (Å²) in [7, 11) is 0. The fourth-order valence-corrected chi connectivity index (χ4v) is 2.62. The molecule has 0 fully saturated rings. The Bertz CT molecular complexity index is 401. The van der Waals surface area contributed by atoms with E-state index in [-0.39, 0.29) is 18.3 Å². The molecule has 0 unspecified atom stereocenters. The Morgan fingerprint density at radius 2 is 1.95 bits per heavy atom. The first-order chi connectivity index (χ1) is 9.17. The highest BCUT2D eigenvalue weighted by atomic mass is 35.5. The predicted molar refractivity (Wildman–Crippen MR) is 92.4 cm³/mol. The lowest BCUT2D eigenvalue weighted by Crippen LogP contribution is -2.26. The van der Waals surface area contributed by atoms with Gasteiger partial charge in [-0.15, -0.1) is 12.4 Å². The van der Waals surface area contributed by atoms with Gasteiger partial charge in [-0.05, 0) is 25.2 Å². The number of nitrogens with zero attached hydrogens (tertiary/aromatic N) is 1. The molecule has 0 saturated carbocycles. The van der Waals surface area contributed by atoms with E-state index in [4.69, 9.17) is 11.6 Å². The molecule has 0 aliphatic heterocycles. The van der Waals surface area contributed by atoms with Crippen LogP contribution in [0, 0.1) is 0 Å². The molecular weight excluding hydrogens is 315 g/mol. The molecule has 0 atom stereocenters. The molecule has 0 bridgehead atoms. The molecule has 1 rings (SSSR count). The van der Waals surface area contributed by atoms with Crippen LogP contribution in [-0.4, -0.2) is 41.9 Å². The van der Waals surface area contributed by atoms with Gasteiger partial charge < -0.3 is 10.2 Å². The Balaban J connectivity index is 0.00000361. The van der Waals surface area contributed by atoms with Crippen molar-refractivity contribution in [3.8, 4) is 0 Å². The van der Waals surface area contributed by atoms with E-state index in [1.807, 2.05) is 12.1 Å². The third-order valence-corrected chi connectivity index (χ3v) is 4.09. The van der Waals surface area contributed by atoms with E-state index in [1.165, 1.54) is 0 Å². The smallest absolute Gasteiger partial charge is 0.234 e. The number of carbonyl (C=O) groups is 1. The largest absolute Gasteiger partial charge is 0.324 e. The number of rotatable bonds is 8. The minimum atomic E-state index is -0.00218. The van der Waals surface area contributed by atoms with Crippen molar-refractivity contribution in [1.82, 2.24) is 4.90 Å².